The Morgan fingerprint density at radius 2 is 2.19 bits per heavy atom. The van der Waals surface area contributed by atoms with E-state index in [9.17, 15) is 9.18 Å². The standard InChI is InChI=1S/C20H25FN4O2/c1-23-11-8-22-18(23)13-24-9-3-6-20(7-10-24)15-25(19(26)14-27-20)17-5-2-4-16(21)12-17/h2,4-5,8,11-12H,3,6-7,9-10,13-15H2,1H3. The molecule has 2 aliphatic rings. The van der Waals surface area contributed by atoms with Gasteiger partial charge in [0.25, 0.3) is 5.91 Å². The van der Waals surface area contributed by atoms with E-state index in [4.69, 9.17) is 4.74 Å². The number of aromatic nitrogens is 2. The number of amides is 1. The summed E-state index contributed by atoms with van der Waals surface area (Å²) < 4.78 is 21.7. The largest absolute Gasteiger partial charge is 0.363 e. The Kier molecular flexibility index (Phi) is 4.97. The monoisotopic (exact) mass is 372 g/mol. The van der Waals surface area contributed by atoms with Gasteiger partial charge >= 0.3 is 0 Å². The first-order valence-electron chi connectivity index (χ1n) is 9.43. The van der Waals surface area contributed by atoms with E-state index in [2.05, 4.69) is 9.88 Å². The van der Waals surface area contributed by atoms with E-state index in [0.29, 0.717) is 12.2 Å². The predicted molar refractivity (Wildman–Crippen MR) is 99.8 cm³/mol. The number of nitrogens with zero attached hydrogens (tertiary/aromatic N) is 4. The van der Waals surface area contributed by atoms with Crippen molar-refractivity contribution in [1.82, 2.24) is 14.5 Å². The van der Waals surface area contributed by atoms with Crippen LogP contribution in [-0.4, -0.2) is 52.2 Å². The average Bonchev–Trinajstić information content (AvgIpc) is 2.95. The Labute approximate surface area is 158 Å². The summed E-state index contributed by atoms with van der Waals surface area (Å²) in [6.45, 7) is 3.21. The molecule has 0 radical (unpaired) electrons. The fourth-order valence-corrected chi connectivity index (χ4v) is 4.03. The summed E-state index contributed by atoms with van der Waals surface area (Å²) in [6.07, 6.45) is 6.51. The van der Waals surface area contributed by atoms with Gasteiger partial charge in [-0.25, -0.2) is 9.37 Å². The summed E-state index contributed by atoms with van der Waals surface area (Å²) in [5.74, 6) is 0.607. The van der Waals surface area contributed by atoms with Crippen LogP contribution in [0.25, 0.3) is 0 Å². The number of rotatable bonds is 3. The zero-order chi connectivity index (χ0) is 18.9. The highest BCUT2D eigenvalue weighted by Crippen LogP contribution is 2.33. The van der Waals surface area contributed by atoms with E-state index < -0.39 is 0 Å². The summed E-state index contributed by atoms with van der Waals surface area (Å²) in [6, 6.07) is 6.23. The summed E-state index contributed by atoms with van der Waals surface area (Å²) in [5.41, 5.74) is 0.244. The maximum atomic E-state index is 13.6. The molecule has 2 aromatic rings. The Bertz CT molecular complexity index is 824. The quantitative estimate of drug-likeness (QED) is 0.830. The van der Waals surface area contributed by atoms with Crippen molar-refractivity contribution in [2.45, 2.75) is 31.4 Å². The third-order valence-electron chi connectivity index (χ3n) is 5.65. The Morgan fingerprint density at radius 3 is 2.96 bits per heavy atom. The van der Waals surface area contributed by atoms with Crippen LogP contribution < -0.4 is 4.90 Å². The molecule has 0 aliphatic carbocycles. The van der Waals surface area contributed by atoms with Crippen LogP contribution in [0, 0.1) is 5.82 Å². The van der Waals surface area contributed by atoms with Crippen LogP contribution in [-0.2, 0) is 23.1 Å². The number of ether oxygens (including phenoxy) is 1. The van der Waals surface area contributed by atoms with Crippen molar-refractivity contribution in [1.29, 1.82) is 0 Å². The molecule has 1 spiro atoms. The molecule has 0 saturated carbocycles. The van der Waals surface area contributed by atoms with Crippen molar-refractivity contribution in [3.8, 4) is 0 Å². The zero-order valence-electron chi connectivity index (χ0n) is 15.6. The molecule has 3 heterocycles. The highest BCUT2D eigenvalue weighted by molar-refractivity contribution is 5.95. The van der Waals surface area contributed by atoms with Gasteiger partial charge in [-0.2, -0.15) is 0 Å². The molecule has 1 aromatic carbocycles. The van der Waals surface area contributed by atoms with Gasteiger partial charge in [-0.05, 0) is 44.0 Å². The number of carbonyl (C=O) groups is 1. The van der Waals surface area contributed by atoms with Gasteiger partial charge in [-0.1, -0.05) is 6.07 Å². The van der Waals surface area contributed by atoms with Gasteiger partial charge in [0.05, 0.1) is 18.7 Å². The molecule has 4 rings (SSSR count). The van der Waals surface area contributed by atoms with Gasteiger partial charge in [0.1, 0.15) is 18.2 Å². The van der Waals surface area contributed by atoms with E-state index in [0.717, 1.165) is 44.7 Å². The van der Waals surface area contributed by atoms with Crippen molar-refractivity contribution in [2.75, 3.05) is 31.1 Å². The summed E-state index contributed by atoms with van der Waals surface area (Å²) in [7, 11) is 2.01. The molecule has 7 heteroatoms. The lowest BCUT2D eigenvalue weighted by Crippen LogP contribution is -2.55. The first-order valence-corrected chi connectivity index (χ1v) is 9.43. The fraction of sp³-hybridized carbons (Fsp3) is 0.500. The lowest BCUT2D eigenvalue weighted by atomic mass is 9.92. The third kappa shape index (κ3) is 3.89. The van der Waals surface area contributed by atoms with Crippen LogP contribution in [0.1, 0.15) is 25.1 Å². The fourth-order valence-electron chi connectivity index (χ4n) is 4.03. The van der Waals surface area contributed by atoms with Gasteiger partial charge in [0.15, 0.2) is 0 Å². The van der Waals surface area contributed by atoms with E-state index in [1.54, 1.807) is 17.0 Å². The number of likely N-dealkylation sites (tertiary alicyclic amines) is 1. The van der Waals surface area contributed by atoms with Crippen LogP contribution >= 0.6 is 0 Å². The number of hydrogen-bond acceptors (Lipinski definition) is 4. The maximum Gasteiger partial charge on any atom is 0.253 e. The van der Waals surface area contributed by atoms with Gasteiger partial charge in [-0.15, -0.1) is 0 Å². The molecule has 2 saturated heterocycles. The number of aryl methyl sites for hydroxylation is 1. The van der Waals surface area contributed by atoms with Crippen molar-refractivity contribution < 1.29 is 13.9 Å². The predicted octanol–water partition coefficient (Wildman–Crippen LogP) is 2.35. The van der Waals surface area contributed by atoms with Crippen LogP contribution in [0.15, 0.2) is 36.7 Å². The Morgan fingerprint density at radius 1 is 1.30 bits per heavy atom. The lowest BCUT2D eigenvalue weighted by Gasteiger charge is -2.42. The molecule has 1 aromatic heterocycles. The van der Waals surface area contributed by atoms with Gasteiger partial charge in [-0.3, -0.25) is 9.69 Å². The number of anilines is 1. The molecule has 0 bridgehead atoms. The number of hydrogen-bond donors (Lipinski definition) is 0. The normalized spacial score (nSPS) is 24.4. The number of morpholine rings is 1. The van der Waals surface area contributed by atoms with Crippen molar-refractivity contribution >= 4 is 11.6 Å². The number of benzene rings is 1. The van der Waals surface area contributed by atoms with Crippen molar-refractivity contribution in [3.63, 3.8) is 0 Å². The SMILES string of the molecule is Cn1ccnc1CN1CCCC2(CC1)CN(c1cccc(F)c1)C(=O)CO2. The summed E-state index contributed by atoms with van der Waals surface area (Å²) >= 11 is 0. The van der Waals surface area contributed by atoms with E-state index >= 15 is 0 Å². The minimum Gasteiger partial charge on any atom is -0.363 e. The highest BCUT2D eigenvalue weighted by atomic mass is 19.1. The molecule has 2 aliphatic heterocycles. The first kappa shape index (κ1) is 18.1. The van der Waals surface area contributed by atoms with Crippen LogP contribution in [0.4, 0.5) is 10.1 Å². The second-order valence-corrected chi connectivity index (χ2v) is 7.52. The topological polar surface area (TPSA) is 50.6 Å². The average molecular weight is 372 g/mol. The molecule has 144 valence electrons. The Balaban J connectivity index is 1.46. The zero-order valence-corrected chi connectivity index (χ0v) is 15.6. The second kappa shape index (κ2) is 7.40. The van der Waals surface area contributed by atoms with E-state index in [1.807, 2.05) is 24.0 Å². The molecule has 0 N–H and O–H groups in total. The van der Waals surface area contributed by atoms with Gasteiger partial charge in [0, 0.05) is 31.7 Å². The minimum atomic E-state index is -0.364. The van der Waals surface area contributed by atoms with Crippen molar-refractivity contribution in [2.24, 2.45) is 7.05 Å². The number of carbonyl (C=O) groups excluding carboxylic acids is 1. The third-order valence-corrected chi connectivity index (χ3v) is 5.65. The van der Waals surface area contributed by atoms with Gasteiger partial charge < -0.3 is 14.2 Å². The van der Waals surface area contributed by atoms with Crippen molar-refractivity contribution in [3.05, 3.63) is 48.3 Å². The summed E-state index contributed by atoms with van der Waals surface area (Å²) in [5, 5.41) is 0. The second-order valence-electron chi connectivity index (χ2n) is 7.52. The van der Waals surface area contributed by atoms with Crippen LogP contribution in [0.5, 0.6) is 0 Å². The molecule has 1 unspecified atom stereocenters. The highest BCUT2D eigenvalue weighted by Gasteiger charge is 2.41. The summed E-state index contributed by atoms with van der Waals surface area (Å²) in [4.78, 5) is 20.9. The number of halogens is 1. The molecular formula is C20H25FN4O2. The van der Waals surface area contributed by atoms with Crippen LogP contribution in [0.3, 0.4) is 0 Å². The molecular weight excluding hydrogens is 347 g/mol. The Hall–Kier alpha value is -2.25. The lowest BCUT2D eigenvalue weighted by molar-refractivity contribution is -0.140. The molecule has 1 atom stereocenters. The molecule has 27 heavy (non-hydrogen) atoms. The van der Waals surface area contributed by atoms with Crippen LogP contribution in [0.2, 0.25) is 0 Å². The molecule has 6 nitrogen and oxygen atoms in total. The van der Waals surface area contributed by atoms with E-state index in [1.165, 1.54) is 12.1 Å². The molecule has 2 fully saturated rings. The van der Waals surface area contributed by atoms with E-state index in [-0.39, 0.29) is 23.9 Å². The first-order chi connectivity index (χ1) is 13.0. The number of imidazole rings is 1. The minimum absolute atomic E-state index is 0.0515. The smallest absolute Gasteiger partial charge is 0.253 e. The molecule has 1 amide bonds. The van der Waals surface area contributed by atoms with Gasteiger partial charge in [0.2, 0.25) is 0 Å². The maximum absolute atomic E-state index is 13.6.